The number of nitrogens with one attached hydrogen (secondary N) is 1. The molecule has 160 valence electrons. The van der Waals surface area contributed by atoms with Crippen LogP contribution in [0.2, 0.25) is 0 Å². The fourth-order valence-corrected chi connectivity index (χ4v) is 3.39. The van der Waals surface area contributed by atoms with Crippen molar-refractivity contribution < 1.29 is 4.92 Å². The molecule has 0 saturated carbocycles. The second-order valence-corrected chi connectivity index (χ2v) is 7.31. The number of rotatable bonds is 9. The zero-order chi connectivity index (χ0) is 21.8. The number of aromatic nitrogens is 4. The molecule has 0 atom stereocenters. The number of nitrogens with zero attached hydrogens (tertiary/aromatic N) is 5. The van der Waals surface area contributed by atoms with E-state index >= 15 is 0 Å². The highest BCUT2D eigenvalue weighted by atomic mass is 16.6. The van der Waals surface area contributed by atoms with Crippen LogP contribution < -0.4 is 16.6 Å². The predicted molar refractivity (Wildman–Crippen MR) is 115 cm³/mol. The summed E-state index contributed by atoms with van der Waals surface area (Å²) in [7, 11) is 3.02. The third-order valence-electron chi connectivity index (χ3n) is 5.15. The summed E-state index contributed by atoms with van der Waals surface area (Å²) in [6.45, 7) is 3.13. The zero-order valence-electron chi connectivity index (χ0n) is 17.4. The molecule has 0 bridgehead atoms. The molecule has 1 N–H and O–H groups in total. The van der Waals surface area contributed by atoms with Crippen LogP contribution in [0.25, 0.3) is 11.2 Å². The molecule has 3 aromatic rings. The molecule has 0 aliphatic rings. The Morgan fingerprint density at radius 1 is 1.07 bits per heavy atom. The molecule has 0 aliphatic carbocycles. The number of hydrogen-bond donors (Lipinski definition) is 1. The van der Waals surface area contributed by atoms with Gasteiger partial charge >= 0.3 is 5.69 Å². The van der Waals surface area contributed by atoms with Crippen LogP contribution in [0.4, 0.5) is 11.6 Å². The smallest absolute Gasteiger partial charge is 0.332 e. The highest BCUT2D eigenvalue weighted by Crippen LogP contribution is 2.20. The van der Waals surface area contributed by atoms with Crippen molar-refractivity contribution >= 4 is 22.8 Å². The molecule has 0 radical (unpaired) electrons. The summed E-state index contributed by atoms with van der Waals surface area (Å²) in [6, 6.07) is 6.17. The van der Waals surface area contributed by atoms with Crippen molar-refractivity contribution in [2.75, 3.05) is 11.9 Å². The molecule has 30 heavy (non-hydrogen) atoms. The normalized spacial score (nSPS) is 11.2. The summed E-state index contributed by atoms with van der Waals surface area (Å²) >= 11 is 0. The first-order valence-corrected chi connectivity index (χ1v) is 9.98. The van der Waals surface area contributed by atoms with E-state index in [2.05, 4.69) is 17.2 Å². The highest BCUT2D eigenvalue weighted by Gasteiger charge is 2.19. The molecule has 1 aromatic carbocycles. The topological polar surface area (TPSA) is 117 Å². The SMILES string of the molecule is CCCCCCNc1nc2c(c(=O)n(C)c(=O)n2C)n1Cc1ccc([N+](=O)[O-])cc1. The van der Waals surface area contributed by atoms with Crippen LogP contribution in [0.5, 0.6) is 0 Å². The van der Waals surface area contributed by atoms with Crippen LogP contribution in [0.15, 0.2) is 33.9 Å². The number of benzene rings is 1. The average molecular weight is 414 g/mol. The molecule has 0 aliphatic heterocycles. The summed E-state index contributed by atoms with van der Waals surface area (Å²) in [6.07, 6.45) is 4.34. The first kappa shape index (κ1) is 21.3. The third kappa shape index (κ3) is 4.12. The average Bonchev–Trinajstić information content (AvgIpc) is 3.09. The van der Waals surface area contributed by atoms with E-state index in [-0.39, 0.29) is 5.69 Å². The third-order valence-corrected chi connectivity index (χ3v) is 5.15. The van der Waals surface area contributed by atoms with Gasteiger partial charge in [-0.25, -0.2) is 4.79 Å². The van der Waals surface area contributed by atoms with Crippen molar-refractivity contribution in [3.05, 3.63) is 60.8 Å². The van der Waals surface area contributed by atoms with Crippen LogP contribution >= 0.6 is 0 Å². The minimum atomic E-state index is -0.453. The van der Waals surface area contributed by atoms with Gasteiger partial charge in [-0.3, -0.25) is 28.6 Å². The summed E-state index contributed by atoms with van der Waals surface area (Å²) in [5, 5.41) is 14.2. The molecular formula is C20H26N6O4. The van der Waals surface area contributed by atoms with E-state index in [0.717, 1.165) is 35.8 Å². The maximum Gasteiger partial charge on any atom is 0.332 e. The Labute approximate surface area is 172 Å². The number of non-ortho nitro benzene ring substituents is 1. The highest BCUT2D eigenvalue weighted by molar-refractivity contribution is 5.74. The standard InChI is InChI=1S/C20H26N6O4/c1-4-5-6-7-12-21-19-22-17-16(18(27)24(3)20(28)23(17)2)25(19)13-14-8-10-15(11-9-14)26(29)30/h8-11H,4-7,12-13H2,1-3H3,(H,21,22). The maximum absolute atomic E-state index is 12.9. The molecule has 0 saturated heterocycles. The maximum atomic E-state index is 12.9. The van der Waals surface area contributed by atoms with Gasteiger partial charge in [-0.2, -0.15) is 4.98 Å². The second kappa shape index (κ2) is 8.93. The molecule has 10 nitrogen and oxygen atoms in total. The van der Waals surface area contributed by atoms with Gasteiger partial charge in [0.15, 0.2) is 11.2 Å². The van der Waals surface area contributed by atoms with E-state index in [0.29, 0.717) is 30.2 Å². The second-order valence-electron chi connectivity index (χ2n) is 7.31. The molecule has 0 spiro atoms. The molecule has 2 aromatic heterocycles. The van der Waals surface area contributed by atoms with E-state index in [1.807, 2.05) is 0 Å². The van der Waals surface area contributed by atoms with Gasteiger partial charge in [-0.1, -0.05) is 38.3 Å². The van der Waals surface area contributed by atoms with Crippen LogP contribution in [0.1, 0.15) is 38.2 Å². The number of unbranched alkanes of at least 4 members (excludes halogenated alkanes) is 3. The fraction of sp³-hybridized carbons (Fsp3) is 0.450. The van der Waals surface area contributed by atoms with Crippen molar-refractivity contribution in [1.82, 2.24) is 18.7 Å². The van der Waals surface area contributed by atoms with Gasteiger partial charge in [-0.15, -0.1) is 0 Å². The van der Waals surface area contributed by atoms with E-state index in [1.165, 1.54) is 23.7 Å². The van der Waals surface area contributed by atoms with Crippen molar-refractivity contribution in [2.24, 2.45) is 14.1 Å². The lowest BCUT2D eigenvalue weighted by molar-refractivity contribution is -0.384. The molecule has 0 fully saturated rings. The minimum Gasteiger partial charge on any atom is -0.356 e. The molecule has 10 heteroatoms. The molecule has 3 rings (SSSR count). The lowest BCUT2D eigenvalue weighted by atomic mass is 10.2. The van der Waals surface area contributed by atoms with E-state index in [1.54, 1.807) is 23.7 Å². The van der Waals surface area contributed by atoms with Gasteiger partial charge < -0.3 is 5.32 Å². The lowest BCUT2D eigenvalue weighted by Gasteiger charge is -2.11. The van der Waals surface area contributed by atoms with Gasteiger partial charge in [0.05, 0.1) is 11.5 Å². The fourth-order valence-electron chi connectivity index (χ4n) is 3.39. The molecule has 2 heterocycles. The molecular weight excluding hydrogens is 388 g/mol. The largest absolute Gasteiger partial charge is 0.356 e. The summed E-state index contributed by atoms with van der Waals surface area (Å²) in [4.78, 5) is 40.1. The monoisotopic (exact) mass is 414 g/mol. The first-order valence-electron chi connectivity index (χ1n) is 9.98. The Morgan fingerprint density at radius 3 is 2.40 bits per heavy atom. The van der Waals surface area contributed by atoms with Crippen molar-refractivity contribution in [1.29, 1.82) is 0 Å². The van der Waals surface area contributed by atoms with Gasteiger partial charge in [0.2, 0.25) is 5.95 Å². The van der Waals surface area contributed by atoms with E-state index in [9.17, 15) is 19.7 Å². The predicted octanol–water partition coefficient (Wildman–Crippen LogP) is 2.38. The summed E-state index contributed by atoms with van der Waals surface area (Å²) < 4.78 is 4.14. The Balaban J connectivity index is 2.04. The van der Waals surface area contributed by atoms with Crippen LogP contribution in [0, 0.1) is 10.1 Å². The zero-order valence-corrected chi connectivity index (χ0v) is 17.4. The Morgan fingerprint density at radius 2 is 1.77 bits per heavy atom. The van der Waals surface area contributed by atoms with Crippen LogP contribution in [-0.2, 0) is 20.6 Å². The summed E-state index contributed by atoms with van der Waals surface area (Å²) in [5.41, 5.74) is 0.533. The first-order chi connectivity index (χ1) is 14.3. The number of hydrogen-bond acceptors (Lipinski definition) is 6. The summed E-state index contributed by atoms with van der Waals surface area (Å²) in [5.74, 6) is 0.498. The van der Waals surface area contributed by atoms with Crippen molar-refractivity contribution in [3.63, 3.8) is 0 Å². The number of anilines is 1. The van der Waals surface area contributed by atoms with Gasteiger partial charge in [0.1, 0.15) is 0 Å². The number of nitro benzene ring substituents is 1. The Kier molecular flexibility index (Phi) is 6.34. The van der Waals surface area contributed by atoms with Crippen molar-refractivity contribution in [3.8, 4) is 0 Å². The van der Waals surface area contributed by atoms with Gasteiger partial charge in [0.25, 0.3) is 11.2 Å². The number of nitro groups is 1. The lowest BCUT2D eigenvalue weighted by Crippen LogP contribution is -2.37. The number of aryl methyl sites for hydroxylation is 1. The van der Waals surface area contributed by atoms with Crippen LogP contribution in [0.3, 0.4) is 0 Å². The Bertz CT molecular complexity index is 1170. The van der Waals surface area contributed by atoms with Gasteiger partial charge in [0, 0.05) is 32.8 Å². The van der Waals surface area contributed by atoms with E-state index in [4.69, 9.17) is 0 Å². The number of fused-ring (bicyclic) bond motifs is 1. The van der Waals surface area contributed by atoms with Crippen LogP contribution in [-0.4, -0.2) is 30.2 Å². The molecule has 0 amide bonds. The Hall–Kier alpha value is -3.43. The number of imidazole rings is 1. The minimum absolute atomic E-state index is 0.00169. The van der Waals surface area contributed by atoms with E-state index < -0.39 is 16.2 Å². The van der Waals surface area contributed by atoms with Gasteiger partial charge in [-0.05, 0) is 12.0 Å². The molecule has 0 unspecified atom stereocenters. The quantitative estimate of drug-likeness (QED) is 0.326. The van der Waals surface area contributed by atoms with Crippen molar-refractivity contribution in [2.45, 2.75) is 39.2 Å².